The van der Waals surface area contributed by atoms with E-state index in [1.807, 2.05) is 6.07 Å². The molecule has 1 aromatic heterocycles. The van der Waals surface area contributed by atoms with Crippen LogP contribution in [-0.2, 0) is 18.2 Å². The number of aromatic nitrogens is 2. The summed E-state index contributed by atoms with van der Waals surface area (Å²) in [6, 6.07) is 6.87. The largest absolute Gasteiger partial charge is 0.508 e. The van der Waals surface area contributed by atoms with Crippen LogP contribution < -0.4 is 0 Å². The number of rotatable bonds is 3. The van der Waals surface area contributed by atoms with E-state index in [9.17, 15) is 9.90 Å². The number of carbonyl (C=O) groups is 1. The third-order valence-corrected chi connectivity index (χ3v) is 3.28. The molecule has 0 aliphatic heterocycles. The maximum Gasteiger partial charge on any atom is 0.356 e. The standard InChI is InChI=1S/C13H14N2O3S/c1-15-10(7-8-4-3-5-9(16)6-8)11(12(17)18-2)14-13(15)19/h3-6,16H,7H2,1-2H3,(H,14,19). The molecule has 0 unspecified atom stereocenters. The van der Waals surface area contributed by atoms with E-state index in [0.29, 0.717) is 16.9 Å². The summed E-state index contributed by atoms with van der Waals surface area (Å²) in [5.41, 5.74) is 1.95. The molecule has 100 valence electrons. The molecule has 2 N–H and O–H groups in total. The Bertz CT molecular complexity index is 673. The number of phenolic OH excluding ortho intramolecular Hbond substituents is 1. The van der Waals surface area contributed by atoms with Crippen LogP contribution in [0.15, 0.2) is 24.3 Å². The number of nitrogens with one attached hydrogen (secondary N) is 1. The van der Waals surface area contributed by atoms with Crippen molar-refractivity contribution in [2.24, 2.45) is 7.05 Å². The number of benzene rings is 1. The Balaban J connectivity index is 2.44. The Morgan fingerprint density at radius 2 is 2.26 bits per heavy atom. The fourth-order valence-electron chi connectivity index (χ4n) is 1.89. The molecule has 1 aromatic carbocycles. The zero-order chi connectivity index (χ0) is 14.0. The molecule has 2 aromatic rings. The van der Waals surface area contributed by atoms with Crippen LogP contribution in [0.3, 0.4) is 0 Å². The lowest BCUT2D eigenvalue weighted by Gasteiger charge is -2.06. The third kappa shape index (κ3) is 2.68. The van der Waals surface area contributed by atoms with Crippen molar-refractivity contribution < 1.29 is 14.6 Å². The van der Waals surface area contributed by atoms with Crippen LogP contribution in [0.5, 0.6) is 5.75 Å². The summed E-state index contributed by atoms with van der Waals surface area (Å²) in [5.74, 6) is -0.268. The van der Waals surface area contributed by atoms with Gasteiger partial charge in [-0.1, -0.05) is 12.1 Å². The number of imidazole rings is 1. The minimum atomic E-state index is -0.457. The molecule has 0 spiro atoms. The van der Waals surface area contributed by atoms with Gasteiger partial charge in [0.05, 0.1) is 12.8 Å². The van der Waals surface area contributed by atoms with Gasteiger partial charge in [0.2, 0.25) is 0 Å². The number of hydrogen-bond acceptors (Lipinski definition) is 4. The number of H-pyrrole nitrogens is 1. The minimum Gasteiger partial charge on any atom is -0.508 e. The van der Waals surface area contributed by atoms with Crippen LogP contribution >= 0.6 is 12.2 Å². The average Bonchev–Trinajstić information content (AvgIpc) is 2.66. The van der Waals surface area contributed by atoms with E-state index < -0.39 is 5.97 Å². The summed E-state index contributed by atoms with van der Waals surface area (Å²) in [7, 11) is 3.10. The molecule has 6 heteroatoms. The van der Waals surface area contributed by atoms with Gasteiger partial charge in [-0.3, -0.25) is 0 Å². The van der Waals surface area contributed by atoms with E-state index >= 15 is 0 Å². The SMILES string of the molecule is COC(=O)c1[nH]c(=S)n(C)c1Cc1cccc(O)c1. The van der Waals surface area contributed by atoms with Gasteiger partial charge in [-0.05, 0) is 29.9 Å². The van der Waals surface area contributed by atoms with E-state index in [4.69, 9.17) is 17.0 Å². The molecule has 0 aliphatic carbocycles. The highest BCUT2D eigenvalue weighted by molar-refractivity contribution is 7.71. The zero-order valence-corrected chi connectivity index (χ0v) is 11.5. The molecule has 0 aliphatic rings. The Hall–Kier alpha value is -2.08. The molecule has 0 fully saturated rings. The van der Waals surface area contributed by atoms with Gasteiger partial charge in [-0.25, -0.2) is 4.79 Å². The number of esters is 1. The number of aromatic amines is 1. The first-order chi connectivity index (χ1) is 9.02. The number of nitrogens with zero attached hydrogens (tertiary/aromatic N) is 1. The van der Waals surface area contributed by atoms with E-state index in [2.05, 4.69) is 4.98 Å². The summed E-state index contributed by atoms with van der Waals surface area (Å²) in [5, 5.41) is 9.46. The van der Waals surface area contributed by atoms with Crippen LogP contribution in [0.2, 0.25) is 0 Å². The lowest BCUT2D eigenvalue weighted by atomic mass is 10.1. The van der Waals surface area contributed by atoms with Crippen LogP contribution in [-0.4, -0.2) is 27.7 Å². The third-order valence-electron chi connectivity index (χ3n) is 2.90. The van der Waals surface area contributed by atoms with Gasteiger partial charge in [-0.2, -0.15) is 0 Å². The number of phenols is 1. The van der Waals surface area contributed by atoms with Crippen LogP contribution in [0.1, 0.15) is 21.7 Å². The second kappa shape index (κ2) is 5.27. The molecule has 0 bridgehead atoms. The summed E-state index contributed by atoms with van der Waals surface area (Å²) in [4.78, 5) is 14.5. The van der Waals surface area contributed by atoms with Crippen molar-refractivity contribution in [2.45, 2.75) is 6.42 Å². The normalized spacial score (nSPS) is 10.4. The first-order valence-corrected chi connectivity index (χ1v) is 6.08. The number of methoxy groups -OCH3 is 1. The van der Waals surface area contributed by atoms with E-state index in [0.717, 1.165) is 11.3 Å². The molecular weight excluding hydrogens is 264 g/mol. The molecule has 0 atom stereocenters. The van der Waals surface area contributed by atoms with E-state index in [1.54, 1.807) is 29.8 Å². The monoisotopic (exact) mass is 278 g/mol. The van der Waals surface area contributed by atoms with Gasteiger partial charge in [0.1, 0.15) is 11.4 Å². The zero-order valence-electron chi connectivity index (χ0n) is 10.6. The number of hydrogen-bond donors (Lipinski definition) is 2. The molecule has 0 amide bonds. The van der Waals surface area contributed by atoms with Gasteiger partial charge >= 0.3 is 5.97 Å². The van der Waals surface area contributed by atoms with Crippen LogP contribution in [0, 0.1) is 4.77 Å². The Morgan fingerprint density at radius 3 is 2.89 bits per heavy atom. The van der Waals surface area contributed by atoms with Gasteiger partial charge in [0.15, 0.2) is 4.77 Å². The van der Waals surface area contributed by atoms with Crippen molar-refractivity contribution in [3.63, 3.8) is 0 Å². The van der Waals surface area contributed by atoms with Crippen LogP contribution in [0.4, 0.5) is 0 Å². The summed E-state index contributed by atoms with van der Waals surface area (Å²) < 4.78 is 6.91. The molecule has 0 radical (unpaired) electrons. The number of carbonyl (C=O) groups excluding carboxylic acids is 1. The van der Waals surface area contributed by atoms with Crippen molar-refractivity contribution in [3.05, 3.63) is 46.0 Å². The number of ether oxygens (including phenoxy) is 1. The fraction of sp³-hybridized carbons (Fsp3) is 0.231. The van der Waals surface area contributed by atoms with Gasteiger partial charge in [0, 0.05) is 13.5 Å². The van der Waals surface area contributed by atoms with Crippen molar-refractivity contribution >= 4 is 18.2 Å². The Kier molecular flexibility index (Phi) is 3.71. The first-order valence-electron chi connectivity index (χ1n) is 5.67. The summed E-state index contributed by atoms with van der Waals surface area (Å²) >= 11 is 5.12. The topological polar surface area (TPSA) is 67.2 Å². The second-order valence-corrected chi connectivity index (χ2v) is 4.54. The molecule has 2 rings (SSSR count). The molecule has 0 saturated heterocycles. The quantitative estimate of drug-likeness (QED) is 0.667. The average molecular weight is 278 g/mol. The van der Waals surface area contributed by atoms with E-state index in [1.165, 1.54) is 7.11 Å². The smallest absolute Gasteiger partial charge is 0.356 e. The Labute approximate surface area is 115 Å². The summed E-state index contributed by atoms with van der Waals surface area (Å²) in [6.07, 6.45) is 0.475. The van der Waals surface area contributed by atoms with E-state index in [-0.39, 0.29) is 5.75 Å². The summed E-state index contributed by atoms with van der Waals surface area (Å²) in [6.45, 7) is 0. The van der Waals surface area contributed by atoms with Crippen molar-refractivity contribution in [1.29, 1.82) is 0 Å². The highest BCUT2D eigenvalue weighted by Crippen LogP contribution is 2.18. The highest BCUT2D eigenvalue weighted by Gasteiger charge is 2.17. The maximum absolute atomic E-state index is 11.7. The predicted molar refractivity (Wildman–Crippen MR) is 72.9 cm³/mol. The lowest BCUT2D eigenvalue weighted by molar-refractivity contribution is 0.0593. The molecule has 1 heterocycles. The van der Waals surface area contributed by atoms with Gasteiger partial charge in [0.25, 0.3) is 0 Å². The highest BCUT2D eigenvalue weighted by atomic mass is 32.1. The molecule has 19 heavy (non-hydrogen) atoms. The lowest BCUT2D eigenvalue weighted by Crippen LogP contribution is -2.08. The number of aromatic hydroxyl groups is 1. The molecule has 0 saturated carbocycles. The predicted octanol–water partition coefficient (Wildman–Crippen LogP) is 2.17. The first kappa shape index (κ1) is 13.4. The van der Waals surface area contributed by atoms with Crippen molar-refractivity contribution in [3.8, 4) is 5.75 Å². The van der Waals surface area contributed by atoms with Crippen LogP contribution in [0.25, 0.3) is 0 Å². The van der Waals surface area contributed by atoms with Crippen molar-refractivity contribution in [1.82, 2.24) is 9.55 Å². The fourth-order valence-corrected chi connectivity index (χ4v) is 2.10. The van der Waals surface area contributed by atoms with Gasteiger partial charge in [-0.15, -0.1) is 0 Å². The molecular formula is C13H14N2O3S. The maximum atomic E-state index is 11.7. The van der Waals surface area contributed by atoms with Gasteiger partial charge < -0.3 is 19.4 Å². The van der Waals surface area contributed by atoms with Crippen molar-refractivity contribution in [2.75, 3.05) is 7.11 Å². The molecule has 5 nitrogen and oxygen atoms in total. The second-order valence-electron chi connectivity index (χ2n) is 4.15. The Morgan fingerprint density at radius 1 is 1.53 bits per heavy atom. The minimum absolute atomic E-state index is 0.189.